The Morgan fingerprint density at radius 2 is 1.00 bits per heavy atom. The summed E-state index contributed by atoms with van der Waals surface area (Å²) in [5.41, 5.74) is 0. The number of hydrogen-bond donors (Lipinski definition) is 2. The quantitative estimate of drug-likeness (QED) is 0.229. The number of rotatable bonds is 11. The number of nitro groups is 3. The Balaban J connectivity index is 5.07. The van der Waals surface area contributed by atoms with E-state index in [0.29, 0.717) is 0 Å². The summed E-state index contributed by atoms with van der Waals surface area (Å²) in [7, 11) is 0. The molecule has 0 heterocycles. The first-order valence-electron chi connectivity index (χ1n) is 5.16. The first-order chi connectivity index (χ1) is 10.0. The smallest absolute Gasteiger partial charge is 0.329 e. The zero-order chi connectivity index (χ0) is 17.4. The van der Waals surface area contributed by atoms with Gasteiger partial charge in [-0.05, 0) is 0 Å². The van der Waals surface area contributed by atoms with Gasteiger partial charge < -0.3 is 10.2 Å². The first-order valence-corrected chi connectivity index (χ1v) is 5.16. The van der Waals surface area contributed by atoms with Crippen molar-refractivity contribution in [3.63, 3.8) is 0 Å². The van der Waals surface area contributed by atoms with Gasteiger partial charge in [0.15, 0.2) is 28.2 Å². The fourth-order valence-electron chi connectivity index (χ4n) is 1.16. The minimum atomic E-state index is -1.66. The number of nitrogens with zero attached hydrogens (tertiary/aromatic N) is 6. The first kappa shape index (κ1) is 18.5. The summed E-state index contributed by atoms with van der Waals surface area (Å²) in [6.45, 7) is -4.82. The summed E-state index contributed by atoms with van der Waals surface area (Å²) in [5.74, 6) is -3.31. The molecule has 0 spiro atoms. The van der Waals surface area contributed by atoms with Crippen LogP contribution in [0.4, 0.5) is 0 Å². The second-order valence-electron chi connectivity index (χ2n) is 3.62. The number of carboxylic acid groups (broad SMARTS) is 2. The van der Waals surface area contributed by atoms with Gasteiger partial charge in [0.2, 0.25) is 13.3 Å². The summed E-state index contributed by atoms with van der Waals surface area (Å²) >= 11 is 0. The van der Waals surface area contributed by atoms with Crippen molar-refractivity contribution in [2.24, 2.45) is 0 Å². The van der Waals surface area contributed by atoms with Crippen LogP contribution in [0.1, 0.15) is 0 Å². The van der Waals surface area contributed by atoms with Crippen molar-refractivity contribution in [3.8, 4) is 0 Å². The van der Waals surface area contributed by atoms with E-state index < -0.39 is 53.5 Å². The highest BCUT2D eigenvalue weighted by Crippen LogP contribution is 2.00. The second kappa shape index (κ2) is 7.97. The molecule has 16 nitrogen and oxygen atoms in total. The van der Waals surface area contributed by atoms with Crippen LogP contribution in [0.15, 0.2) is 0 Å². The number of carboxylic acids is 2. The standard InChI is InChI=1S/C6H10N6O10/c13-5(14)1-7(10(17)18)3-9(12(21)22)4-8(11(19)20)2-6(15)16/h1-4H2,(H,13,14)(H,15,16). The second-order valence-corrected chi connectivity index (χ2v) is 3.62. The van der Waals surface area contributed by atoms with E-state index in [4.69, 9.17) is 10.2 Å². The molecule has 0 amide bonds. The maximum absolute atomic E-state index is 10.7. The minimum Gasteiger partial charge on any atom is -0.480 e. The van der Waals surface area contributed by atoms with Gasteiger partial charge in [0, 0.05) is 0 Å². The van der Waals surface area contributed by atoms with Crippen LogP contribution in [-0.4, -0.2) is 78.7 Å². The van der Waals surface area contributed by atoms with Crippen LogP contribution in [0.3, 0.4) is 0 Å². The molecule has 0 aliphatic carbocycles. The highest BCUT2D eigenvalue weighted by molar-refractivity contribution is 5.69. The molecule has 0 aliphatic heterocycles. The van der Waals surface area contributed by atoms with Crippen molar-refractivity contribution in [1.29, 1.82) is 0 Å². The van der Waals surface area contributed by atoms with Crippen molar-refractivity contribution in [1.82, 2.24) is 15.0 Å². The van der Waals surface area contributed by atoms with Crippen LogP contribution >= 0.6 is 0 Å². The van der Waals surface area contributed by atoms with Crippen molar-refractivity contribution >= 4 is 11.9 Å². The van der Waals surface area contributed by atoms with Gasteiger partial charge in [-0.25, -0.2) is 30.3 Å². The van der Waals surface area contributed by atoms with Crippen LogP contribution < -0.4 is 0 Å². The molecule has 0 saturated heterocycles. The third-order valence-electron chi connectivity index (χ3n) is 1.98. The molecule has 2 N–H and O–H groups in total. The highest BCUT2D eigenvalue weighted by Gasteiger charge is 2.32. The Bertz CT molecular complexity index is 445. The van der Waals surface area contributed by atoms with Crippen LogP contribution in [0.5, 0.6) is 0 Å². The van der Waals surface area contributed by atoms with E-state index in [2.05, 4.69) is 0 Å². The number of hydrogen-bond acceptors (Lipinski definition) is 8. The molecular formula is C6H10N6O10. The van der Waals surface area contributed by atoms with E-state index in [0.717, 1.165) is 0 Å². The van der Waals surface area contributed by atoms with Crippen molar-refractivity contribution in [2.75, 3.05) is 26.4 Å². The lowest BCUT2D eigenvalue weighted by Crippen LogP contribution is -2.51. The maximum Gasteiger partial charge on any atom is 0.329 e. The monoisotopic (exact) mass is 326 g/mol. The fraction of sp³-hybridized carbons (Fsp3) is 0.667. The van der Waals surface area contributed by atoms with E-state index >= 15 is 0 Å². The summed E-state index contributed by atoms with van der Waals surface area (Å²) in [4.78, 5) is 52.7. The molecule has 0 atom stereocenters. The molecule has 16 heteroatoms. The minimum absolute atomic E-state index is 0.0719. The Morgan fingerprint density at radius 1 is 0.727 bits per heavy atom. The van der Waals surface area contributed by atoms with Gasteiger partial charge in [-0.1, -0.05) is 15.0 Å². The number of carbonyl (C=O) groups is 2. The molecule has 0 radical (unpaired) electrons. The Morgan fingerprint density at radius 3 is 1.18 bits per heavy atom. The number of hydrazine groups is 3. The van der Waals surface area contributed by atoms with Crippen LogP contribution in [0.2, 0.25) is 0 Å². The molecule has 22 heavy (non-hydrogen) atoms. The van der Waals surface area contributed by atoms with Crippen LogP contribution in [0, 0.1) is 30.3 Å². The molecule has 0 aromatic heterocycles. The average Bonchev–Trinajstić information content (AvgIpc) is 2.33. The summed E-state index contributed by atoms with van der Waals surface area (Å²) in [5, 5.41) is 44.8. The lowest BCUT2D eigenvalue weighted by Gasteiger charge is -2.20. The zero-order valence-electron chi connectivity index (χ0n) is 10.7. The zero-order valence-corrected chi connectivity index (χ0v) is 10.7. The lowest BCUT2D eigenvalue weighted by atomic mass is 10.6. The lowest BCUT2D eigenvalue weighted by molar-refractivity contribution is -0.735. The Kier molecular flexibility index (Phi) is 6.71. The predicted molar refractivity (Wildman–Crippen MR) is 61.2 cm³/mol. The van der Waals surface area contributed by atoms with Crippen molar-refractivity contribution in [3.05, 3.63) is 30.3 Å². The van der Waals surface area contributed by atoms with Gasteiger partial charge in [0.05, 0.1) is 0 Å². The largest absolute Gasteiger partial charge is 0.480 e. The SMILES string of the molecule is O=C(O)CN(CN(CN(CC(=O)O)[N+](=O)[O-])[N+](=O)[O-])[N+](=O)[O-]. The molecule has 0 bridgehead atoms. The number of aliphatic carboxylic acids is 2. The third-order valence-corrected chi connectivity index (χ3v) is 1.98. The molecule has 124 valence electrons. The Hall–Kier alpha value is -3.46. The van der Waals surface area contributed by atoms with Gasteiger partial charge in [0.25, 0.3) is 0 Å². The van der Waals surface area contributed by atoms with Gasteiger partial charge in [-0.2, -0.15) is 0 Å². The van der Waals surface area contributed by atoms with Gasteiger partial charge in [0.1, 0.15) is 0 Å². The fourth-order valence-corrected chi connectivity index (χ4v) is 1.16. The van der Waals surface area contributed by atoms with E-state index in [-0.39, 0.29) is 15.0 Å². The van der Waals surface area contributed by atoms with Crippen LogP contribution in [-0.2, 0) is 9.59 Å². The molecule has 0 saturated carbocycles. The van der Waals surface area contributed by atoms with Gasteiger partial charge in [-0.3, -0.25) is 9.59 Å². The molecule has 0 unspecified atom stereocenters. The van der Waals surface area contributed by atoms with Crippen molar-refractivity contribution < 1.29 is 34.9 Å². The van der Waals surface area contributed by atoms with E-state index in [1.54, 1.807) is 0 Å². The topological polar surface area (TPSA) is 214 Å². The van der Waals surface area contributed by atoms with Crippen LogP contribution in [0.25, 0.3) is 0 Å². The predicted octanol–water partition coefficient (Wildman–Crippen LogP) is -2.45. The van der Waals surface area contributed by atoms with Gasteiger partial charge in [-0.15, -0.1) is 0 Å². The summed E-state index contributed by atoms with van der Waals surface area (Å²) in [6, 6.07) is 0. The average molecular weight is 326 g/mol. The third kappa shape index (κ3) is 6.63. The molecule has 0 fully saturated rings. The molecular weight excluding hydrogens is 316 g/mol. The molecule has 0 aliphatic rings. The maximum atomic E-state index is 10.7. The molecule has 0 aromatic rings. The summed E-state index contributed by atoms with van der Waals surface area (Å²) < 4.78 is 0. The van der Waals surface area contributed by atoms with Gasteiger partial charge >= 0.3 is 11.9 Å². The Labute approximate surface area is 120 Å². The van der Waals surface area contributed by atoms with Crippen molar-refractivity contribution in [2.45, 2.75) is 0 Å². The van der Waals surface area contributed by atoms with E-state index in [1.165, 1.54) is 0 Å². The van der Waals surface area contributed by atoms with E-state index in [9.17, 15) is 39.9 Å². The van der Waals surface area contributed by atoms with E-state index in [1.807, 2.05) is 0 Å². The highest BCUT2D eigenvalue weighted by atomic mass is 16.7. The molecule has 0 rings (SSSR count). The summed E-state index contributed by atoms with van der Waals surface area (Å²) in [6.07, 6.45) is 0. The molecule has 0 aromatic carbocycles. The normalized spacial score (nSPS) is 9.64.